The van der Waals surface area contributed by atoms with Crippen molar-refractivity contribution in [2.45, 2.75) is 13.5 Å². The molecule has 2 aromatic rings. The first-order chi connectivity index (χ1) is 10.0. The van der Waals surface area contributed by atoms with Gasteiger partial charge >= 0.3 is 0 Å². The van der Waals surface area contributed by atoms with Crippen molar-refractivity contribution in [3.63, 3.8) is 0 Å². The average molecular weight is 304 g/mol. The third-order valence-electron chi connectivity index (χ3n) is 3.22. The van der Waals surface area contributed by atoms with Crippen LogP contribution in [-0.4, -0.2) is 19.5 Å². The Kier molecular flexibility index (Phi) is 5.37. The zero-order valence-electron chi connectivity index (χ0n) is 12.3. The fourth-order valence-corrected chi connectivity index (χ4v) is 2.26. The van der Waals surface area contributed by atoms with Crippen LogP contribution in [0.15, 0.2) is 48.5 Å². The maximum atomic E-state index is 12.0. The Morgan fingerprint density at radius 1 is 1.10 bits per heavy atom. The highest BCUT2D eigenvalue weighted by Crippen LogP contribution is 2.12. The Bertz CT molecular complexity index is 593. The fourth-order valence-electron chi connectivity index (χ4n) is 2.13. The van der Waals surface area contributed by atoms with Gasteiger partial charge in [-0.25, -0.2) is 0 Å². The summed E-state index contributed by atoms with van der Waals surface area (Å²) >= 11 is 5.82. The van der Waals surface area contributed by atoms with Gasteiger partial charge in [0.2, 0.25) is 0 Å². The van der Waals surface area contributed by atoms with Crippen molar-refractivity contribution in [2.24, 2.45) is 0 Å². The summed E-state index contributed by atoms with van der Waals surface area (Å²) in [6, 6.07) is 15.5. The molecule has 0 aliphatic heterocycles. The number of amides is 1. The second-order valence-electron chi connectivity index (χ2n) is 5.35. The van der Waals surface area contributed by atoms with Crippen molar-refractivity contribution >= 4 is 23.2 Å². The van der Waals surface area contributed by atoms with E-state index in [-0.39, 0.29) is 5.91 Å². The van der Waals surface area contributed by atoms with Crippen LogP contribution in [-0.2, 0) is 11.3 Å². The highest BCUT2D eigenvalue weighted by molar-refractivity contribution is 6.30. The number of hydrogen-bond donors (Lipinski definition) is 2. The molecule has 0 radical (unpaired) electrons. The smallest absolute Gasteiger partial charge is 0.279 e. The minimum absolute atomic E-state index is 0.00179. The molecule has 110 valence electrons. The molecule has 0 bridgehead atoms. The van der Waals surface area contributed by atoms with E-state index in [9.17, 15) is 4.79 Å². The van der Waals surface area contributed by atoms with E-state index in [0.717, 1.165) is 17.1 Å². The highest BCUT2D eigenvalue weighted by Gasteiger charge is 2.10. The van der Waals surface area contributed by atoms with Gasteiger partial charge in [0.05, 0.1) is 7.05 Å². The number of benzene rings is 2. The van der Waals surface area contributed by atoms with Gasteiger partial charge in [-0.1, -0.05) is 41.4 Å². The number of aryl methyl sites for hydroxylation is 1. The zero-order valence-corrected chi connectivity index (χ0v) is 13.1. The molecule has 0 saturated heterocycles. The van der Waals surface area contributed by atoms with Gasteiger partial charge in [-0.15, -0.1) is 0 Å². The van der Waals surface area contributed by atoms with Crippen LogP contribution in [0.25, 0.3) is 0 Å². The molecule has 0 spiro atoms. The monoisotopic (exact) mass is 303 g/mol. The molecule has 4 heteroatoms. The van der Waals surface area contributed by atoms with Gasteiger partial charge in [0.1, 0.15) is 6.54 Å². The molecule has 1 unspecified atom stereocenters. The number of carbonyl (C=O) groups excluding carboxylic acids is 1. The van der Waals surface area contributed by atoms with E-state index in [1.807, 2.05) is 7.05 Å². The van der Waals surface area contributed by atoms with Gasteiger partial charge in [0, 0.05) is 16.3 Å². The molecular weight excluding hydrogens is 284 g/mol. The molecule has 2 rings (SSSR count). The van der Waals surface area contributed by atoms with Crippen LogP contribution in [0.4, 0.5) is 5.69 Å². The Labute approximate surface area is 130 Å². The second kappa shape index (κ2) is 7.25. The number of quaternary nitrogens is 1. The van der Waals surface area contributed by atoms with E-state index in [0.29, 0.717) is 11.6 Å². The molecular formula is C17H20ClN2O+. The molecule has 2 aromatic carbocycles. The normalized spacial score (nSPS) is 12.0. The van der Waals surface area contributed by atoms with Crippen molar-refractivity contribution in [1.29, 1.82) is 0 Å². The number of rotatable bonds is 5. The van der Waals surface area contributed by atoms with Crippen molar-refractivity contribution in [1.82, 2.24) is 0 Å². The molecule has 21 heavy (non-hydrogen) atoms. The Balaban J connectivity index is 1.84. The Hall–Kier alpha value is -1.84. The molecule has 0 saturated carbocycles. The van der Waals surface area contributed by atoms with Crippen molar-refractivity contribution in [2.75, 3.05) is 18.9 Å². The Morgan fingerprint density at radius 2 is 1.71 bits per heavy atom. The molecule has 0 fully saturated rings. The fraction of sp³-hybridized carbons (Fsp3) is 0.235. The minimum atomic E-state index is 0.00179. The number of halogens is 1. The van der Waals surface area contributed by atoms with E-state index < -0.39 is 0 Å². The lowest BCUT2D eigenvalue weighted by Gasteiger charge is -2.14. The minimum Gasteiger partial charge on any atom is -0.326 e. The standard InChI is InChI=1S/C17H19ClN2O/c1-13-3-5-14(6-4-13)11-20(2)12-17(21)19-16-9-7-15(18)8-10-16/h3-10H,11-12H2,1-2H3,(H,19,21)/p+1. The molecule has 1 atom stereocenters. The summed E-state index contributed by atoms with van der Waals surface area (Å²) in [7, 11) is 2.02. The molecule has 0 aliphatic carbocycles. The summed E-state index contributed by atoms with van der Waals surface area (Å²) in [5, 5.41) is 3.54. The number of hydrogen-bond acceptors (Lipinski definition) is 1. The number of nitrogens with one attached hydrogen (secondary N) is 2. The van der Waals surface area contributed by atoms with E-state index >= 15 is 0 Å². The summed E-state index contributed by atoms with van der Waals surface area (Å²) in [6.45, 7) is 3.32. The van der Waals surface area contributed by atoms with Gasteiger partial charge < -0.3 is 10.2 Å². The van der Waals surface area contributed by atoms with Crippen LogP contribution in [0.2, 0.25) is 5.02 Å². The molecule has 0 heterocycles. The van der Waals surface area contributed by atoms with E-state index in [4.69, 9.17) is 11.6 Å². The second-order valence-corrected chi connectivity index (χ2v) is 5.79. The van der Waals surface area contributed by atoms with E-state index in [1.165, 1.54) is 11.1 Å². The largest absolute Gasteiger partial charge is 0.326 e. The van der Waals surface area contributed by atoms with Gasteiger partial charge in [0.15, 0.2) is 6.54 Å². The lowest BCUT2D eigenvalue weighted by atomic mass is 10.1. The topological polar surface area (TPSA) is 33.5 Å². The first-order valence-electron chi connectivity index (χ1n) is 6.95. The van der Waals surface area contributed by atoms with Crippen molar-refractivity contribution < 1.29 is 9.69 Å². The SMILES string of the molecule is Cc1ccc(C[NH+](C)CC(=O)Nc2ccc(Cl)cc2)cc1. The maximum absolute atomic E-state index is 12.0. The summed E-state index contributed by atoms with van der Waals surface area (Å²) in [4.78, 5) is 13.1. The van der Waals surface area contributed by atoms with Crippen LogP contribution < -0.4 is 10.2 Å². The van der Waals surface area contributed by atoms with Crippen LogP contribution in [0, 0.1) is 6.92 Å². The predicted octanol–water partition coefficient (Wildman–Crippen LogP) is 2.30. The maximum Gasteiger partial charge on any atom is 0.279 e. The number of carbonyl (C=O) groups is 1. The summed E-state index contributed by atoms with van der Waals surface area (Å²) in [5.41, 5.74) is 3.25. The van der Waals surface area contributed by atoms with Crippen molar-refractivity contribution in [3.8, 4) is 0 Å². The van der Waals surface area contributed by atoms with Crippen molar-refractivity contribution in [3.05, 3.63) is 64.7 Å². The third kappa shape index (κ3) is 5.21. The molecule has 0 aliphatic rings. The van der Waals surface area contributed by atoms with Gasteiger partial charge in [-0.2, -0.15) is 0 Å². The van der Waals surface area contributed by atoms with Crippen LogP contribution in [0.5, 0.6) is 0 Å². The summed E-state index contributed by atoms with van der Waals surface area (Å²) in [5.74, 6) is 0.00179. The summed E-state index contributed by atoms with van der Waals surface area (Å²) in [6.07, 6.45) is 0. The first-order valence-corrected chi connectivity index (χ1v) is 7.33. The van der Waals surface area contributed by atoms with Crippen LogP contribution in [0.3, 0.4) is 0 Å². The first kappa shape index (κ1) is 15.5. The molecule has 2 N–H and O–H groups in total. The number of likely N-dealkylation sites (N-methyl/N-ethyl adjacent to an activating group) is 1. The lowest BCUT2D eigenvalue weighted by molar-refractivity contribution is -0.885. The van der Waals surface area contributed by atoms with Gasteiger partial charge in [0.25, 0.3) is 5.91 Å². The van der Waals surface area contributed by atoms with Crippen LogP contribution in [0.1, 0.15) is 11.1 Å². The average Bonchev–Trinajstić information content (AvgIpc) is 2.44. The quantitative estimate of drug-likeness (QED) is 0.873. The molecule has 1 amide bonds. The van der Waals surface area contributed by atoms with E-state index in [2.05, 4.69) is 36.5 Å². The lowest BCUT2D eigenvalue weighted by Crippen LogP contribution is -3.08. The summed E-state index contributed by atoms with van der Waals surface area (Å²) < 4.78 is 0. The van der Waals surface area contributed by atoms with Gasteiger partial charge in [-0.3, -0.25) is 4.79 Å². The van der Waals surface area contributed by atoms with Crippen LogP contribution >= 0.6 is 11.6 Å². The third-order valence-corrected chi connectivity index (χ3v) is 3.47. The van der Waals surface area contributed by atoms with E-state index in [1.54, 1.807) is 24.3 Å². The molecule has 0 aromatic heterocycles. The van der Waals surface area contributed by atoms with Gasteiger partial charge in [-0.05, 0) is 31.2 Å². The highest BCUT2D eigenvalue weighted by atomic mass is 35.5. The Morgan fingerprint density at radius 3 is 2.33 bits per heavy atom. The zero-order chi connectivity index (χ0) is 15.2. The predicted molar refractivity (Wildman–Crippen MR) is 86.7 cm³/mol. The molecule has 3 nitrogen and oxygen atoms in total. The number of anilines is 1.